The fourth-order valence-corrected chi connectivity index (χ4v) is 7.15. The molecular formula is C29H35Cl2N3O4S. The van der Waals surface area contributed by atoms with Gasteiger partial charge < -0.3 is 10.0 Å². The van der Waals surface area contributed by atoms with Crippen molar-refractivity contribution in [1.82, 2.24) is 4.90 Å². The number of carboxylic acid groups (broad SMARTS) is 1. The number of halogens is 2. The van der Waals surface area contributed by atoms with Gasteiger partial charge in [-0.2, -0.15) is 5.26 Å². The fraction of sp³-hybridized carbons (Fsp3) is 0.483. The average Bonchev–Trinajstić information content (AvgIpc) is 2.87. The number of amides is 1. The number of hydrogen-bond donors (Lipinski definition) is 2. The van der Waals surface area contributed by atoms with Gasteiger partial charge >= 0.3 is 5.97 Å². The smallest absolute Gasteiger partial charge is 0.304 e. The van der Waals surface area contributed by atoms with Crippen molar-refractivity contribution in [3.63, 3.8) is 0 Å². The number of carboxylic acids is 1. The van der Waals surface area contributed by atoms with Crippen LogP contribution in [0.5, 0.6) is 0 Å². The van der Waals surface area contributed by atoms with Gasteiger partial charge in [0.1, 0.15) is 0 Å². The summed E-state index contributed by atoms with van der Waals surface area (Å²) in [5, 5.41) is 19.7. The molecule has 0 aliphatic carbocycles. The molecule has 39 heavy (non-hydrogen) atoms. The van der Waals surface area contributed by atoms with Gasteiger partial charge in [-0.25, -0.2) is 4.36 Å². The van der Waals surface area contributed by atoms with Crippen LogP contribution in [0.15, 0.2) is 52.9 Å². The number of hydrogen-bond acceptors (Lipinski definition) is 5. The van der Waals surface area contributed by atoms with E-state index in [1.165, 1.54) is 0 Å². The summed E-state index contributed by atoms with van der Waals surface area (Å²) in [5.74, 6) is -1.57. The molecular weight excluding hydrogens is 557 g/mol. The summed E-state index contributed by atoms with van der Waals surface area (Å²) in [7, 11) is -2.01. The maximum atomic E-state index is 14.4. The van der Waals surface area contributed by atoms with Crippen LogP contribution in [0.4, 0.5) is 0 Å². The van der Waals surface area contributed by atoms with Gasteiger partial charge in [0.15, 0.2) is 0 Å². The lowest BCUT2D eigenvalue weighted by molar-refractivity contribution is -0.161. The number of piperidine rings is 1. The topological polar surface area (TPSA) is 111 Å². The molecule has 0 bridgehead atoms. The Morgan fingerprint density at radius 2 is 1.90 bits per heavy atom. The number of benzene rings is 2. The summed E-state index contributed by atoms with van der Waals surface area (Å²) in [5.41, 5.74) is 0.552. The highest BCUT2D eigenvalue weighted by Gasteiger charge is 2.52. The Balaban J connectivity index is 2.20. The second-order valence-corrected chi connectivity index (χ2v) is 12.9. The molecule has 3 rings (SSSR count). The summed E-state index contributed by atoms with van der Waals surface area (Å²) in [4.78, 5) is 28.1. The van der Waals surface area contributed by atoms with Crippen molar-refractivity contribution < 1.29 is 18.9 Å². The Kier molecular flexibility index (Phi) is 10.8. The standard InChI is InChI=1S/C29H35Cl2N3O4S/c1-19(2)25(18-39(38)33-14-5-4-13-32)34-27(20-9-11-22(30)12-10-20)24(21-7-6-8-23(31)15-21)16-29(3,28(34)37)17-26(35)36/h6-12,15,19,24-25,27,39H,4-5,14,16-18H2,1-3H3,(H,35,36)/t24-,25-,27-,29-/m1/s1. The van der Waals surface area contributed by atoms with Crippen molar-refractivity contribution in [1.29, 1.82) is 5.26 Å². The van der Waals surface area contributed by atoms with Gasteiger partial charge in [0, 0.05) is 51.3 Å². The molecule has 2 aromatic rings. The van der Waals surface area contributed by atoms with E-state index in [9.17, 15) is 18.9 Å². The van der Waals surface area contributed by atoms with E-state index in [0.717, 1.165) is 11.1 Å². The monoisotopic (exact) mass is 591 g/mol. The minimum absolute atomic E-state index is 0.0933. The first-order chi connectivity index (χ1) is 18.5. The predicted octanol–water partition coefficient (Wildman–Crippen LogP) is 6.52. The first-order valence-electron chi connectivity index (χ1n) is 13.0. The molecule has 1 N–H and O–H groups in total. The van der Waals surface area contributed by atoms with E-state index in [1.54, 1.807) is 30.0 Å². The van der Waals surface area contributed by atoms with Crippen molar-refractivity contribution in [2.45, 2.75) is 64.5 Å². The van der Waals surface area contributed by atoms with Crippen LogP contribution >= 0.6 is 23.2 Å². The van der Waals surface area contributed by atoms with E-state index in [2.05, 4.69) is 10.4 Å². The van der Waals surface area contributed by atoms with Crippen molar-refractivity contribution in [3.05, 3.63) is 69.7 Å². The molecule has 0 spiro atoms. The van der Waals surface area contributed by atoms with Gasteiger partial charge in [-0.05, 0) is 54.2 Å². The van der Waals surface area contributed by atoms with Crippen molar-refractivity contribution >= 4 is 45.7 Å². The number of thiol groups is 1. The van der Waals surface area contributed by atoms with Crippen LogP contribution in [0.3, 0.4) is 0 Å². The molecule has 1 saturated heterocycles. The molecule has 0 aromatic heterocycles. The van der Waals surface area contributed by atoms with Gasteiger partial charge in [0.05, 0.1) is 23.9 Å². The highest BCUT2D eigenvalue weighted by atomic mass is 35.5. The lowest BCUT2D eigenvalue weighted by atomic mass is 9.66. The number of carbonyl (C=O) groups is 2. The number of rotatable bonds is 11. The Bertz CT molecular complexity index is 1300. The quantitative estimate of drug-likeness (QED) is 0.228. The highest BCUT2D eigenvalue weighted by Crippen LogP contribution is 2.52. The zero-order valence-corrected chi connectivity index (χ0v) is 24.8. The van der Waals surface area contributed by atoms with E-state index in [1.807, 2.05) is 44.2 Å². The normalized spacial score (nSPS) is 23.0. The van der Waals surface area contributed by atoms with Crippen LogP contribution < -0.4 is 0 Å². The molecule has 1 heterocycles. The molecule has 2 aromatic carbocycles. The van der Waals surface area contributed by atoms with Crippen LogP contribution in [0.25, 0.3) is 0 Å². The summed E-state index contributed by atoms with van der Waals surface area (Å²) < 4.78 is 17.4. The second-order valence-electron chi connectivity index (χ2n) is 10.7. The van der Waals surface area contributed by atoms with Crippen LogP contribution in [0.1, 0.15) is 69.5 Å². The Morgan fingerprint density at radius 1 is 1.21 bits per heavy atom. The van der Waals surface area contributed by atoms with E-state index in [-0.39, 0.29) is 29.9 Å². The van der Waals surface area contributed by atoms with Crippen molar-refractivity contribution in [3.8, 4) is 6.07 Å². The third-order valence-electron chi connectivity index (χ3n) is 7.31. The van der Waals surface area contributed by atoms with E-state index in [4.69, 9.17) is 28.5 Å². The van der Waals surface area contributed by atoms with E-state index < -0.39 is 34.1 Å². The zero-order valence-electron chi connectivity index (χ0n) is 22.4. The Labute approximate surface area is 242 Å². The molecule has 210 valence electrons. The molecule has 1 unspecified atom stereocenters. The van der Waals surface area contributed by atoms with Crippen LogP contribution in [-0.4, -0.2) is 44.4 Å². The first-order valence-corrected chi connectivity index (χ1v) is 15.2. The largest absolute Gasteiger partial charge is 0.481 e. The number of aliphatic carboxylic acids is 1. The third kappa shape index (κ3) is 7.75. The summed E-state index contributed by atoms with van der Waals surface area (Å²) in [6, 6.07) is 15.9. The maximum absolute atomic E-state index is 14.4. The van der Waals surface area contributed by atoms with E-state index >= 15 is 0 Å². The zero-order chi connectivity index (χ0) is 28.7. The van der Waals surface area contributed by atoms with Crippen LogP contribution in [0.2, 0.25) is 10.0 Å². The lowest BCUT2D eigenvalue weighted by Crippen LogP contribution is -2.58. The van der Waals surface area contributed by atoms with Gasteiger partial charge in [0.2, 0.25) is 5.91 Å². The minimum Gasteiger partial charge on any atom is -0.481 e. The summed E-state index contributed by atoms with van der Waals surface area (Å²) in [6.07, 6.45) is 0.825. The van der Waals surface area contributed by atoms with Gasteiger partial charge in [0.25, 0.3) is 0 Å². The predicted molar refractivity (Wildman–Crippen MR) is 155 cm³/mol. The summed E-state index contributed by atoms with van der Waals surface area (Å²) >= 11 is 12.6. The molecule has 1 amide bonds. The molecule has 1 fully saturated rings. The molecule has 1 aliphatic heterocycles. The second kappa shape index (κ2) is 13.6. The highest BCUT2D eigenvalue weighted by molar-refractivity contribution is 7.74. The van der Waals surface area contributed by atoms with Crippen LogP contribution in [-0.2, 0) is 20.2 Å². The number of nitrogens with zero attached hydrogens (tertiary/aromatic N) is 3. The molecule has 0 saturated carbocycles. The van der Waals surface area contributed by atoms with Crippen LogP contribution in [0, 0.1) is 22.7 Å². The van der Waals surface area contributed by atoms with E-state index in [0.29, 0.717) is 35.9 Å². The number of carbonyl (C=O) groups excluding carboxylic acids is 1. The maximum Gasteiger partial charge on any atom is 0.304 e. The number of unbranched alkanes of at least 4 members (excludes halogenated alkanes) is 1. The van der Waals surface area contributed by atoms with Gasteiger partial charge in [-0.1, -0.05) is 68.2 Å². The molecule has 10 heteroatoms. The average molecular weight is 593 g/mol. The molecule has 7 nitrogen and oxygen atoms in total. The SMILES string of the molecule is CC(C)[C@@H](C/[SH](=O)=N/CCCC#N)N1C(=O)[C@@](C)(CC(=O)O)C[C@H](c2cccc(Cl)c2)[C@H]1c1ccc(Cl)cc1. The van der Waals surface area contributed by atoms with Crippen molar-refractivity contribution in [2.24, 2.45) is 15.7 Å². The fourth-order valence-electron chi connectivity index (χ4n) is 5.42. The summed E-state index contributed by atoms with van der Waals surface area (Å²) in [6.45, 7) is 5.94. The molecule has 5 atom stereocenters. The lowest BCUT2D eigenvalue weighted by Gasteiger charge is -2.52. The minimum atomic E-state index is -2.01. The Morgan fingerprint density at radius 3 is 2.49 bits per heavy atom. The third-order valence-corrected chi connectivity index (χ3v) is 9.00. The van der Waals surface area contributed by atoms with Crippen molar-refractivity contribution in [2.75, 3.05) is 12.3 Å². The molecule has 1 aliphatic rings. The van der Waals surface area contributed by atoms with Gasteiger partial charge in [-0.15, -0.1) is 0 Å². The first kappa shape index (κ1) is 30.9. The Hall–Kier alpha value is -2.60. The number of nitriles is 1. The molecule has 0 radical (unpaired) electrons. The number of likely N-dealkylation sites (tertiary alicyclic amines) is 1. The van der Waals surface area contributed by atoms with Gasteiger partial charge in [-0.3, -0.25) is 13.8 Å².